The van der Waals surface area contributed by atoms with E-state index in [2.05, 4.69) is 18.3 Å². The van der Waals surface area contributed by atoms with E-state index in [0.717, 1.165) is 23.3 Å². The summed E-state index contributed by atoms with van der Waals surface area (Å²) in [7, 11) is 0. The number of carbonyl (C=O) groups is 1. The number of thiophene rings is 1. The summed E-state index contributed by atoms with van der Waals surface area (Å²) in [5.74, 6) is 0.684. The van der Waals surface area contributed by atoms with E-state index in [0.29, 0.717) is 22.5 Å². The van der Waals surface area contributed by atoms with Crippen molar-refractivity contribution in [3.63, 3.8) is 0 Å². The van der Waals surface area contributed by atoms with Crippen LogP contribution in [0.5, 0.6) is 0 Å². The SMILES string of the molecule is C[C@H]1CCc2sc(C(=O)NCc3ccc(Cl)cc3Cl)cc2C1. The third-order valence-electron chi connectivity index (χ3n) is 4.01. The molecule has 22 heavy (non-hydrogen) atoms. The second-order valence-corrected chi connectivity index (χ2v) is 7.81. The predicted octanol–water partition coefficient (Wildman–Crippen LogP) is 5.11. The van der Waals surface area contributed by atoms with Gasteiger partial charge in [0.05, 0.1) is 4.88 Å². The van der Waals surface area contributed by atoms with Crippen LogP contribution < -0.4 is 5.32 Å². The fraction of sp³-hybridized carbons (Fsp3) is 0.353. The highest BCUT2D eigenvalue weighted by Gasteiger charge is 2.20. The number of amides is 1. The van der Waals surface area contributed by atoms with Gasteiger partial charge in [-0.2, -0.15) is 0 Å². The first kappa shape index (κ1) is 15.9. The molecule has 116 valence electrons. The van der Waals surface area contributed by atoms with Gasteiger partial charge < -0.3 is 5.32 Å². The van der Waals surface area contributed by atoms with Crippen LogP contribution in [-0.2, 0) is 19.4 Å². The van der Waals surface area contributed by atoms with Gasteiger partial charge in [0.2, 0.25) is 0 Å². The van der Waals surface area contributed by atoms with E-state index in [-0.39, 0.29) is 5.91 Å². The lowest BCUT2D eigenvalue weighted by molar-refractivity contribution is 0.0955. The predicted molar refractivity (Wildman–Crippen MR) is 93.1 cm³/mol. The summed E-state index contributed by atoms with van der Waals surface area (Å²) < 4.78 is 0. The maximum atomic E-state index is 12.3. The van der Waals surface area contributed by atoms with Crippen molar-refractivity contribution < 1.29 is 4.79 Å². The van der Waals surface area contributed by atoms with Crippen LogP contribution in [0.4, 0.5) is 0 Å². The van der Waals surface area contributed by atoms with Crippen LogP contribution in [0.1, 0.15) is 39.0 Å². The van der Waals surface area contributed by atoms with Gasteiger partial charge in [-0.3, -0.25) is 4.79 Å². The molecule has 1 aromatic carbocycles. The summed E-state index contributed by atoms with van der Waals surface area (Å²) in [6.45, 7) is 2.68. The highest BCUT2D eigenvalue weighted by molar-refractivity contribution is 7.14. The van der Waals surface area contributed by atoms with Crippen molar-refractivity contribution in [3.8, 4) is 0 Å². The number of hydrogen-bond acceptors (Lipinski definition) is 2. The van der Waals surface area contributed by atoms with Gasteiger partial charge in [-0.05, 0) is 54.5 Å². The second-order valence-electron chi connectivity index (χ2n) is 5.83. The Labute approximate surface area is 144 Å². The van der Waals surface area contributed by atoms with Gasteiger partial charge in [0, 0.05) is 21.5 Å². The molecule has 2 nitrogen and oxygen atoms in total. The Kier molecular flexibility index (Phi) is 4.76. The Morgan fingerprint density at radius 1 is 1.36 bits per heavy atom. The first-order valence-electron chi connectivity index (χ1n) is 7.36. The summed E-state index contributed by atoms with van der Waals surface area (Å²) in [5, 5.41) is 4.11. The topological polar surface area (TPSA) is 29.1 Å². The number of nitrogens with one attached hydrogen (secondary N) is 1. The molecule has 1 aliphatic rings. The average molecular weight is 354 g/mol. The van der Waals surface area contributed by atoms with E-state index in [9.17, 15) is 4.79 Å². The number of fused-ring (bicyclic) bond motifs is 1. The molecule has 0 aliphatic heterocycles. The molecule has 1 N–H and O–H groups in total. The first-order valence-corrected chi connectivity index (χ1v) is 8.94. The normalized spacial score (nSPS) is 17.1. The number of hydrogen-bond donors (Lipinski definition) is 1. The molecule has 0 radical (unpaired) electrons. The summed E-state index contributed by atoms with van der Waals surface area (Å²) >= 11 is 13.6. The van der Waals surface area contributed by atoms with Crippen molar-refractivity contribution in [1.29, 1.82) is 0 Å². The third kappa shape index (κ3) is 3.48. The molecule has 2 aromatic rings. The number of aryl methyl sites for hydroxylation is 1. The van der Waals surface area contributed by atoms with Gasteiger partial charge in [-0.25, -0.2) is 0 Å². The van der Waals surface area contributed by atoms with E-state index >= 15 is 0 Å². The smallest absolute Gasteiger partial charge is 0.261 e. The van der Waals surface area contributed by atoms with Crippen LogP contribution in [0.15, 0.2) is 24.3 Å². The van der Waals surface area contributed by atoms with Gasteiger partial charge >= 0.3 is 0 Å². The van der Waals surface area contributed by atoms with Crippen molar-refractivity contribution in [2.75, 3.05) is 0 Å². The van der Waals surface area contributed by atoms with Gasteiger partial charge in [0.25, 0.3) is 5.91 Å². The largest absolute Gasteiger partial charge is 0.347 e. The zero-order valence-electron chi connectivity index (χ0n) is 12.3. The van der Waals surface area contributed by atoms with Crippen LogP contribution in [-0.4, -0.2) is 5.91 Å². The Balaban J connectivity index is 1.67. The van der Waals surface area contributed by atoms with E-state index in [1.54, 1.807) is 23.5 Å². The van der Waals surface area contributed by atoms with Crippen LogP contribution in [0.25, 0.3) is 0 Å². The molecule has 1 heterocycles. The molecule has 1 aromatic heterocycles. The zero-order valence-corrected chi connectivity index (χ0v) is 14.6. The molecule has 0 saturated heterocycles. The zero-order chi connectivity index (χ0) is 15.7. The minimum atomic E-state index is -0.0296. The summed E-state index contributed by atoms with van der Waals surface area (Å²) in [5.41, 5.74) is 2.22. The average Bonchev–Trinajstić information content (AvgIpc) is 2.89. The molecule has 1 amide bonds. The lowest BCUT2D eigenvalue weighted by atomic mass is 9.90. The number of rotatable bonds is 3. The lowest BCUT2D eigenvalue weighted by Crippen LogP contribution is -2.21. The monoisotopic (exact) mass is 353 g/mol. The molecule has 0 unspecified atom stereocenters. The number of carbonyl (C=O) groups excluding carboxylic acids is 1. The molecule has 1 aliphatic carbocycles. The third-order valence-corrected chi connectivity index (χ3v) is 5.83. The highest BCUT2D eigenvalue weighted by Crippen LogP contribution is 2.32. The number of benzene rings is 1. The Morgan fingerprint density at radius 3 is 2.95 bits per heavy atom. The molecule has 1 atom stereocenters. The van der Waals surface area contributed by atoms with E-state index in [1.165, 1.54) is 16.9 Å². The molecular formula is C17H17Cl2NOS. The summed E-state index contributed by atoms with van der Waals surface area (Å²) in [6.07, 6.45) is 3.40. The fourth-order valence-electron chi connectivity index (χ4n) is 2.75. The number of halogens is 2. The maximum Gasteiger partial charge on any atom is 0.261 e. The minimum Gasteiger partial charge on any atom is -0.347 e. The lowest BCUT2D eigenvalue weighted by Gasteiger charge is -2.16. The van der Waals surface area contributed by atoms with Crippen molar-refractivity contribution in [2.24, 2.45) is 5.92 Å². The van der Waals surface area contributed by atoms with Gasteiger partial charge in [-0.1, -0.05) is 36.2 Å². The minimum absolute atomic E-state index is 0.0296. The van der Waals surface area contributed by atoms with E-state index in [1.807, 2.05) is 6.07 Å². The Bertz CT molecular complexity index is 711. The molecule has 5 heteroatoms. The van der Waals surface area contributed by atoms with E-state index in [4.69, 9.17) is 23.2 Å². The molecular weight excluding hydrogens is 337 g/mol. The molecule has 3 rings (SSSR count). The molecule has 0 fully saturated rings. The fourth-order valence-corrected chi connectivity index (χ4v) is 4.35. The summed E-state index contributed by atoms with van der Waals surface area (Å²) in [4.78, 5) is 14.5. The Morgan fingerprint density at radius 2 is 2.18 bits per heavy atom. The maximum absolute atomic E-state index is 12.3. The molecule has 0 spiro atoms. The quantitative estimate of drug-likeness (QED) is 0.815. The van der Waals surface area contributed by atoms with Gasteiger partial charge in [-0.15, -0.1) is 11.3 Å². The van der Waals surface area contributed by atoms with Crippen molar-refractivity contribution in [1.82, 2.24) is 5.32 Å². The van der Waals surface area contributed by atoms with Crippen molar-refractivity contribution in [3.05, 3.63) is 55.2 Å². The van der Waals surface area contributed by atoms with Crippen LogP contribution in [0, 0.1) is 5.92 Å². The standard InChI is InChI=1S/C17H17Cl2NOS/c1-10-2-5-15-12(6-10)7-16(22-15)17(21)20-9-11-3-4-13(18)8-14(11)19/h3-4,7-8,10H,2,5-6,9H2,1H3,(H,20,21)/t10-/m0/s1. The van der Waals surface area contributed by atoms with Crippen molar-refractivity contribution in [2.45, 2.75) is 32.7 Å². The first-order chi connectivity index (χ1) is 10.5. The van der Waals surface area contributed by atoms with Crippen LogP contribution in [0.2, 0.25) is 10.0 Å². The van der Waals surface area contributed by atoms with Gasteiger partial charge in [0.15, 0.2) is 0 Å². The van der Waals surface area contributed by atoms with Crippen LogP contribution in [0.3, 0.4) is 0 Å². The molecule has 0 bridgehead atoms. The van der Waals surface area contributed by atoms with Gasteiger partial charge in [0.1, 0.15) is 0 Å². The Hall–Kier alpha value is -1.03. The molecule has 0 saturated carbocycles. The summed E-state index contributed by atoms with van der Waals surface area (Å²) in [6, 6.07) is 7.36. The van der Waals surface area contributed by atoms with Crippen molar-refractivity contribution >= 4 is 40.4 Å². The highest BCUT2D eigenvalue weighted by atomic mass is 35.5. The van der Waals surface area contributed by atoms with Crippen LogP contribution >= 0.6 is 34.5 Å². The second kappa shape index (κ2) is 6.61. The van der Waals surface area contributed by atoms with E-state index < -0.39 is 0 Å².